The molecule has 0 radical (unpaired) electrons. The molecule has 0 fully saturated rings. The average Bonchev–Trinajstić information content (AvgIpc) is 0.922. The van der Waals surface area contributed by atoms with Gasteiger partial charge in [0, 0.05) is 25.7 Å². The number of hydrogen-bond donors (Lipinski definition) is 3. The van der Waals surface area contributed by atoms with E-state index in [9.17, 15) is 43.2 Å². The summed E-state index contributed by atoms with van der Waals surface area (Å²) >= 11 is 0. The molecule has 0 saturated carbocycles. The van der Waals surface area contributed by atoms with Crippen molar-refractivity contribution in [2.75, 3.05) is 39.6 Å². The van der Waals surface area contributed by atoms with Gasteiger partial charge in [-0.05, 0) is 43.4 Å². The SMILES string of the molecule is CCCCCCCCCCCCCCC(=O)OC[C@H](COP(=O)(O)OC[C@H](O)COP(=O)(O)OC[C@@H](COC(=O)CCCCCCCCCCCCCCCCCC(C)C)OC(=O)CCCCCCCCCCCCCCCCCCC(C)C)OC(=O)CCCCCCCCCCC(C)CC. The maximum absolute atomic E-state index is 13.1. The molecule has 600 valence electrons. The van der Waals surface area contributed by atoms with Crippen molar-refractivity contribution in [3.63, 3.8) is 0 Å². The Morgan fingerprint density at radius 2 is 0.505 bits per heavy atom. The second kappa shape index (κ2) is 72.3. The van der Waals surface area contributed by atoms with Crippen molar-refractivity contribution in [3.05, 3.63) is 0 Å². The molecule has 6 atom stereocenters. The zero-order valence-corrected chi connectivity index (χ0v) is 68.2. The normalized spacial score (nSPS) is 14.2. The molecule has 0 aromatic carbocycles. The predicted octanol–water partition coefficient (Wildman–Crippen LogP) is 24.5. The summed E-state index contributed by atoms with van der Waals surface area (Å²) in [7, 11) is -9.92. The molecule has 3 unspecified atom stereocenters. The Morgan fingerprint density at radius 1 is 0.287 bits per heavy atom. The van der Waals surface area contributed by atoms with Crippen molar-refractivity contribution < 1.29 is 80.2 Å². The fourth-order valence-electron chi connectivity index (χ4n) is 12.6. The van der Waals surface area contributed by atoms with Gasteiger partial charge < -0.3 is 33.8 Å². The Morgan fingerprint density at radius 3 is 0.752 bits per heavy atom. The quantitative estimate of drug-likeness (QED) is 0.0222. The van der Waals surface area contributed by atoms with Crippen LogP contribution in [0.5, 0.6) is 0 Å². The van der Waals surface area contributed by atoms with E-state index in [2.05, 4.69) is 48.5 Å². The van der Waals surface area contributed by atoms with Gasteiger partial charge in [0.2, 0.25) is 0 Å². The third-order valence-corrected chi connectivity index (χ3v) is 21.4. The minimum absolute atomic E-state index is 0.105. The summed E-state index contributed by atoms with van der Waals surface area (Å²) in [5, 5.41) is 10.6. The van der Waals surface area contributed by atoms with Gasteiger partial charge in [0.1, 0.15) is 19.3 Å². The number of hydrogen-bond acceptors (Lipinski definition) is 15. The lowest BCUT2D eigenvalue weighted by Gasteiger charge is -2.21. The van der Waals surface area contributed by atoms with Crippen LogP contribution in [0.2, 0.25) is 0 Å². The first-order valence-electron chi connectivity index (χ1n) is 42.4. The van der Waals surface area contributed by atoms with E-state index in [0.29, 0.717) is 25.7 Å². The van der Waals surface area contributed by atoms with Crippen LogP contribution in [0.3, 0.4) is 0 Å². The number of aliphatic hydroxyl groups excluding tert-OH is 1. The summed E-state index contributed by atoms with van der Waals surface area (Å²) in [5.74, 6) is 0.276. The third-order valence-electron chi connectivity index (χ3n) is 19.5. The predicted molar refractivity (Wildman–Crippen MR) is 414 cm³/mol. The van der Waals surface area contributed by atoms with Gasteiger partial charge in [-0.2, -0.15) is 0 Å². The van der Waals surface area contributed by atoms with E-state index in [-0.39, 0.29) is 25.7 Å². The summed E-state index contributed by atoms with van der Waals surface area (Å²) in [6.45, 7) is 12.0. The fraction of sp³-hybridized carbons (Fsp3) is 0.951. The van der Waals surface area contributed by atoms with E-state index in [1.807, 2.05) is 0 Å². The van der Waals surface area contributed by atoms with E-state index in [4.69, 9.17) is 37.0 Å². The van der Waals surface area contributed by atoms with E-state index < -0.39 is 97.5 Å². The lowest BCUT2D eigenvalue weighted by Crippen LogP contribution is -2.30. The molecule has 0 aliphatic carbocycles. The molecule has 0 saturated heterocycles. The summed E-state index contributed by atoms with van der Waals surface area (Å²) in [5.41, 5.74) is 0. The molecule has 0 aliphatic rings. The number of ether oxygens (including phenoxy) is 4. The van der Waals surface area contributed by atoms with Crippen LogP contribution in [0.25, 0.3) is 0 Å². The number of aliphatic hydroxyl groups is 1. The van der Waals surface area contributed by atoms with Gasteiger partial charge in [0.05, 0.1) is 26.4 Å². The van der Waals surface area contributed by atoms with Crippen molar-refractivity contribution in [1.82, 2.24) is 0 Å². The van der Waals surface area contributed by atoms with E-state index >= 15 is 0 Å². The van der Waals surface area contributed by atoms with Crippen molar-refractivity contribution in [1.29, 1.82) is 0 Å². The molecular weight excluding hydrogens is 1320 g/mol. The summed E-state index contributed by atoms with van der Waals surface area (Å²) < 4.78 is 68.8. The Kier molecular flexibility index (Phi) is 70.9. The molecule has 0 spiro atoms. The first-order valence-corrected chi connectivity index (χ1v) is 45.4. The van der Waals surface area contributed by atoms with Crippen LogP contribution in [-0.2, 0) is 65.4 Å². The molecule has 17 nitrogen and oxygen atoms in total. The summed E-state index contributed by atoms with van der Waals surface area (Å²) in [6, 6.07) is 0. The molecule has 101 heavy (non-hydrogen) atoms. The van der Waals surface area contributed by atoms with Crippen molar-refractivity contribution >= 4 is 39.5 Å². The number of unbranched alkanes of at least 4 members (excludes halogenated alkanes) is 47. The maximum atomic E-state index is 13.1. The van der Waals surface area contributed by atoms with Gasteiger partial charge in [0.15, 0.2) is 12.2 Å². The number of phosphoric acid groups is 2. The molecule has 0 bridgehead atoms. The van der Waals surface area contributed by atoms with Gasteiger partial charge in [0.25, 0.3) is 0 Å². The first-order chi connectivity index (χ1) is 48.8. The smallest absolute Gasteiger partial charge is 0.462 e. The van der Waals surface area contributed by atoms with Gasteiger partial charge >= 0.3 is 39.5 Å². The van der Waals surface area contributed by atoms with Crippen LogP contribution in [0.4, 0.5) is 0 Å². The Labute approximate surface area is 619 Å². The fourth-order valence-corrected chi connectivity index (χ4v) is 14.2. The third kappa shape index (κ3) is 74.7. The van der Waals surface area contributed by atoms with Crippen molar-refractivity contribution in [2.24, 2.45) is 17.8 Å². The molecule has 0 aromatic rings. The lowest BCUT2D eigenvalue weighted by molar-refractivity contribution is -0.161. The Balaban J connectivity index is 5.25. The lowest BCUT2D eigenvalue weighted by atomic mass is 9.99. The molecule has 3 N–H and O–H groups in total. The van der Waals surface area contributed by atoms with Crippen LogP contribution in [0, 0.1) is 17.8 Å². The first kappa shape index (κ1) is 99.1. The second-order valence-electron chi connectivity index (χ2n) is 30.7. The number of phosphoric ester groups is 2. The zero-order chi connectivity index (χ0) is 74.4. The summed E-state index contributed by atoms with van der Waals surface area (Å²) in [6.07, 6.45) is 60.9. The number of esters is 4. The van der Waals surface area contributed by atoms with Crippen LogP contribution in [0.15, 0.2) is 0 Å². The molecule has 0 aromatic heterocycles. The topological polar surface area (TPSA) is 237 Å². The monoisotopic (exact) mass is 1480 g/mol. The highest BCUT2D eigenvalue weighted by atomic mass is 31.2. The Hall–Kier alpha value is -1.94. The highest BCUT2D eigenvalue weighted by molar-refractivity contribution is 7.47. The minimum atomic E-state index is -4.96. The van der Waals surface area contributed by atoms with Gasteiger partial charge in [-0.3, -0.25) is 37.3 Å². The highest BCUT2D eigenvalue weighted by Crippen LogP contribution is 2.45. The second-order valence-corrected chi connectivity index (χ2v) is 33.6. The number of rotatable bonds is 80. The Bertz CT molecular complexity index is 1960. The molecule has 19 heteroatoms. The number of carbonyl (C=O) groups is 4. The van der Waals surface area contributed by atoms with Crippen molar-refractivity contribution in [3.8, 4) is 0 Å². The molecule has 0 aliphatic heterocycles. The largest absolute Gasteiger partial charge is 0.472 e. The van der Waals surface area contributed by atoms with Crippen molar-refractivity contribution in [2.45, 2.75) is 446 Å². The van der Waals surface area contributed by atoms with E-state index in [1.165, 1.54) is 238 Å². The van der Waals surface area contributed by atoms with Crippen LogP contribution >= 0.6 is 15.6 Å². The van der Waals surface area contributed by atoms with Crippen LogP contribution in [0.1, 0.15) is 427 Å². The van der Waals surface area contributed by atoms with Gasteiger partial charge in [-0.25, -0.2) is 9.13 Å². The maximum Gasteiger partial charge on any atom is 0.472 e. The molecule has 0 amide bonds. The zero-order valence-electron chi connectivity index (χ0n) is 66.4. The highest BCUT2D eigenvalue weighted by Gasteiger charge is 2.30. The van der Waals surface area contributed by atoms with E-state index in [1.54, 1.807) is 0 Å². The molecular formula is C82H160O17P2. The average molecular weight is 1480 g/mol. The van der Waals surface area contributed by atoms with Crippen LogP contribution < -0.4 is 0 Å². The van der Waals surface area contributed by atoms with Gasteiger partial charge in [-0.1, -0.05) is 376 Å². The number of carbonyl (C=O) groups excluding carboxylic acids is 4. The molecule has 0 rings (SSSR count). The van der Waals surface area contributed by atoms with Gasteiger partial charge in [-0.15, -0.1) is 0 Å². The standard InChI is InChI=1S/C82H160O17P2/c1-8-10-11-12-13-14-15-29-34-42-49-56-63-79(84)93-70-78(99-82(87)66-59-52-45-38-37-41-48-55-62-75(7)9-2)72-97-101(90,91)95-68-76(83)67-94-100(88,89)96-71-77(69-92-80(85)64-57-50-43-35-30-25-22-18-20-24-28-33-40-47-54-61-74(5)6)98-81(86)65-58-51-44-36-31-26-21-17-16-19-23-27-32-39-46-53-60-73(3)4/h73-78,83H,8-72H2,1-7H3,(H,88,89)(H,90,91)/t75?,76-,77-,78-/m1/s1. The van der Waals surface area contributed by atoms with E-state index in [0.717, 1.165) is 108 Å². The van der Waals surface area contributed by atoms with Crippen LogP contribution in [-0.4, -0.2) is 96.7 Å². The molecule has 0 heterocycles. The minimum Gasteiger partial charge on any atom is -0.462 e. The summed E-state index contributed by atoms with van der Waals surface area (Å²) in [4.78, 5) is 73.1.